The molecule has 2 unspecified atom stereocenters. The van der Waals surface area contributed by atoms with Crippen molar-refractivity contribution in [2.75, 3.05) is 4.81 Å². The van der Waals surface area contributed by atoms with Gasteiger partial charge in [0.1, 0.15) is 5.82 Å². The molecule has 1 aromatic rings. The number of rotatable bonds is 3. The largest absolute Gasteiger partial charge is 0.421 e. The lowest BCUT2D eigenvalue weighted by Gasteiger charge is -2.31. The first kappa shape index (κ1) is 26.1. The predicted molar refractivity (Wildman–Crippen MR) is 153 cm³/mol. The van der Waals surface area contributed by atoms with E-state index in [-0.39, 0.29) is 6.98 Å². The smallest absolute Gasteiger partial charge is 0.364 e. The van der Waals surface area contributed by atoms with Crippen LogP contribution in [-0.2, 0) is 0 Å². The highest BCUT2D eigenvalue weighted by molar-refractivity contribution is 6.71. The fourth-order valence-corrected chi connectivity index (χ4v) is 4.81. The lowest BCUT2D eigenvalue weighted by molar-refractivity contribution is 0.502. The van der Waals surface area contributed by atoms with Crippen molar-refractivity contribution in [1.82, 2.24) is 9.79 Å². The van der Waals surface area contributed by atoms with E-state index < -0.39 is 0 Å². The highest BCUT2D eigenvalue weighted by Crippen LogP contribution is 2.41. The van der Waals surface area contributed by atoms with Crippen molar-refractivity contribution >= 4 is 12.8 Å². The second-order valence-electron chi connectivity index (χ2n) is 9.54. The van der Waals surface area contributed by atoms with Gasteiger partial charge in [0.25, 0.3) is 0 Å². The predicted octanol–water partition coefficient (Wildman–Crippen LogP) is 7.96. The SMILES string of the molecule is C=C/C=C1\C(=C/C=C)N(c2ccccn2)B2C(=C)/C=C\C=C/C(C)CCC(=C)CC(C)CC(=C)N21. The lowest BCUT2D eigenvalue weighted by atomic mass is 9.64. The zero-order valence-electron chi connectivity index (χ0n) is 21.4. The first-order chi connectivity index (χ1) is 16.9. The number of anilines is 1. The van der Waals surface area contributed by atoms with Gasteiger partial charge in [-0.15, -0.1) is 6.58 Å². The summed E-state index contributed by atoms with van der Waals surface area (Å²) in [5.74, 6) is 1.77. The molecule has 1 saturated heterocycles. The van der Waals surface area contributed by atoms with Crippen molar-refractivity contribution in [2.24, 2.45) is 11.8 Å². The molecule has 180 valence electrons. The van der Waals surface area contributed by atoms with E-state index in [2.05, 4.69) is 80.7 Å². The maximum Gasteiger partial charge on any atom is 0.421 e. The number of nitrogens with zero attached hydrogens (tertiary/aromatic N) is 3. The molecule has 3 rings (SSSR count). The standard InChI is InChI=1S/C31H38BN3/c1-8-14-29-30(15-9-2)35(31-18-12-13-21-33-31)32-27(6)17-11-10-16-24(3)19-20-25(4)22-26(5)23-28(7)34(29)32/h8-18,21,24,26H,1-2,4,6-7,19-20,22-23H2,3,5H3/b16-10-,17-11-,29-14+,30-15+. The van der Waals surface area contributed by atoms with Gasteiger partial charge in [0, 0.05) is 11.9 Å². The Kier molecular flexibility index (Phi) is 9.14. The average molecular weight is 463 g/mol. The summed E-state index contributed by atoms with van der Waals surface area (Å²) in [7, 11) is 0. The minimum absolute atomic E-state index is 0.211. The van der Waals surface area contributed by atoms with E-state index in [0.29, 0.717) is 11.8 Å². The summed E-state index contributed by atoms with van der Waals surface area (Å²) in [6.45, 7) is 25.7. The topological polar surface area (TPSA) is 19.4 Å². The summed E-state index contributed by atoms with van der Waals surface area (Å²) in [6.07, 6.45) is 22.1. The third-order valence-corrected chi connectivity index (χ3v) is 6.43. The van der Waals surface area contributed by atoms with Crippen molar-refractivity contribution in [1.29, 1.82) is 0 Å². The van der Waals surface area contributed by atoms with E-state index in [0.717, 1.165) is 54.1 Å². The Balaban J connectivity index is 2.17. The monoisotopic (exact) mass is 463 g/mol. The molecule has 0 amide bonds. The molecule has 0 N–H and O–H groups in total. The normalized spacial score (nSPS) is 26.3. The molecule has 0 spiro atoms. The third-order valence-electron chi connectivity index (χ3n) is 6.43. The molecule has 4 heteroatoms. The van der Waals surface area contributed by atoms with E-state index in [1.807, 2.05) is 48.7 Å². The highest BCUT2D eigenvalue weighted by atomic mass is 15.3. The van der Waals surface area contributed by atoms with Crippen molar-refractivity contribution in [2.45, 2.75) is 39.5 Å². The number of fused-ring (bicyclic) bond motifs is 1. The molecule has 1 fully saturated rings. The molecule has 0 radical (unpaired) electrons. The van der Waals surface area contributed by atoms with Gasteiger partial charge in [-0.3, -0.25) is 0 Å². The van der Waals surface area contributed by atoms with Crippen molar-refractivity contribution in [3.63, 3.8) is 0 Å². The Hall–Kier alpha value is -3.53. The second-order valence-corrected chi connectivity index (χ2v) is 9.54. The van der Waals surface area contributed by atoms with Crippen LogP contribution in [0.2, 0.25) is 0 Å². The van der Waals surface area contributed by atoms with Crippen LogP contribution in [0, 0.1) is 11.8 Å². The lowest BCUT2D eigenvalue weighted by Crippen LogP contribution is -2.44. The van der Waals surface area contributed by atoms with Crippen LogP contribution < -0.4 is 4.81 Å². The molecule has 0 aromatic carbocycles. The van der Waals surface area contributed by atoms with Gasteiger partial charge in [-0.1, -0.05) is 88.3 Å². The average Bonchev–Trinajstić information content (AvgIpc) is 3.15. The summed E-state index contributed by atoms with van der Waals surface area (Å²) in [4.78, 5) is 9.19. The van der Waals surface area contributed by atoms with Crippen molar-refractivity contribution in [3.8, 4) is 0 Å². The van der Waals surface area contributed by atoms with Gasteiger partial charge in [-0.05, 0) is 67.3 Å². The van der Waals surface area contributed by atoms with Gasteiger partial charge in [0.2, 0.25) is 0 Å². The van der Waals surface area contributed by atoms with Crippen LogP contribution in [-0.4, -0.2) is 16.8 Å². The van der Waals surface area contributed by atoms with E-state index in [4.69, 9.17) is 4.98 Å². The fourth-order valence-electron chi connectivity index (χ4n) is 4.81. The number of pyridine rings is 1. The summed E-state index contributed by atoms with van der Waals surface area (Å²) in [6, 6.07) is 5.96. The minimum Gasteiger partial charge on any atom is -0.364 e. The second kappa shape index (κ2) is 12.3. The highest BCUT2D eigenvalue weighted by Gasteiger charge is 2.46. The van der Waals surface area contributed by atoms with Gasteiger partial charge in [-0.2, -0.15) is 0 Å². The molecule has 2 aliphatic heterocycles. The van der Waals surface area contributed by atoms with Crippen LogP contribution in [0.4, 0.5) is 5.82 Å². The molecule has 2 aliphatic rings. The Labute approximate surface area is 212 Å². The Bertz CT molecular complexity index is 1090. The van der Waals surface area contributed by atoms with Crippen LogP contribution in [0.1, 0.15) is 39.5 Å². The van der Waals surface area contributed by atoms with E-state index in [9.17, 15) is 0 Å². The number of aromatic nitrogens is 1. The summed E-state index contributed by atoms with van der Waals surface area (Å²) in [5, 5.41) is 0. The molecule has 0 aliphatic carbocycles. The minimum atomic E-state index is -0.211. The van der Waals surface area contributed by atoms with Gasteiger partial charge >= 0.3 is 6.98 Å². The summed E-state index contributed by atoms with van der Waals surface area (Å²) in [5.41, 5.74) is 5.28. The maximum atomic E-state index is 4.69. The third kappa shape index (κ3) is 6.33. The zero-order chi connectivity index (χ0) is 25.4. The maximum absolute atomic E-state index is 4.69. The molecule has 3 nitrogen and oxygen atoms in total. The quantitative estimate of drug-likeness (QED) is 0.335. The number of hydrogen-bond acceptors (Lipinski definition) is 3. The van der Waals surface area contributed by atoms with E-state index >= 15 is 0 Å². The molecule has 1 aromatic heterocycles. The van der Waals surface area contributed by atoms with E-state index in [1.165, 1.54) is 5.57 Å². The van der Waals surface area contributed by atoms with Gasteiger partial charge in [0.05, 0.1) is 11.4 Å². The Morgan fingerprint density at radius 1 is 0.971 bits per heavy atom. The number of allylic oxidation sites excluding steroid dienone is 11. The van der Waals surface area contributed by atoms with Crippen LogP contribution in [0.15, 0.2) is 134 Å². The Morgan fingerprint density at radius 2 is 1.69 bits per heavy atom. The molecule has 0 bridgehead atoms. The molecular formula is C31H38BN3. The van der Waals surface area contributed by atoms with Gasteiger partial charge in [-0.25, -0.2) is 4.98 Å². The molecular weight excluding hydrogens is 425 g/mol. The van der Waals surface area contributed by atoms with E-state index in [1.54, 1.807) is 0 Å². The zero-order valence-corrected chi connectivity index (χ0v) is 21.4. The van der Waals surface area contributed by atoms with Gasteiger partial charge in [0.15, 0.2) is 0 Å². The molecule has 35 heavy (non-hydrogen) atoms. The number of hydrogen-bond donors (Lipinski definition) is 0. The van der Waals surface area contributed by atoms with Crippen LogP contribution in [0.5, 0.6) is 0 Å². The van der Waals surface area contributed by atoms with Gasteiger partial charge < -0.3 is 9.62 Å². The first-order valence-electron chi connectivity index (χ1n) is 12.4. The fraction of sp³-hybridized carbons (Fsp3) is 0.258. The molecule has 0 saturated carbocycles. The van der Waals surface area contributed by atoms with Crippen molar-refractivity contribution < 1.29 is 0 Å². The van der Waals surface area contributed by atoms with Crippen LogP contribution in [0.25, 0.3) is 0 Å². The first-order valence-corrected chi connectivity index (χ1v) is 12.4. The molecule has 2 atom stereocenters. The van der Waals surface area contributed by atoms with Crippen LogP contribution in [0.3, 0.4) is 0 Å². The molecule has 3 heterocycles. The van der Waals surface area contributed by atoms with Crippen LogP contribution >= 0.6 is 0 Å². The van der Waals surface area contributed by atoms with Crippen molar-refractivity contribution in [3.05, 3.63) is 134 Å². The Morgan fingerprint density at radius 3 is 2.34 bits per heavy atom. The summed E-state index contributed by atoms with van der Waals surface area (Å²) < 4.78 is 0. The summed E-state index contributed by atoms with van der Waals surface area (Å²) >= 11 is 0.